The van der Waals surface area contributed by atoms with Crippen LogP contribution < -0.4 is 11.1 Å². The highest BCUT2D eigenvalue weighted by atomic mass is 35.5. The Labute approximate surface area is 203 Å². The van der Waals surface area contributed by atoms with Gasteiger partial charge in [-0.1, -0.05) is 19.3 Å². The Morgan fingerprint density at radius 1 is 1.12 bits per heavy atom. The van der Waals surface area contributed by atoms with Gasteiger partial charge in [-0.3, -0.25) is 19.2 Å². The molecular formula is C25H30ClN3O5. The molecule has 1 aromatic carbocycles. The van der Waals surface area contributed by atoms with Crippen molar-refractivity contribution in [2.24, 2.45) is 17.6 Å². The van der Waals surface area contributed by atoms with E-state index < -0.39 is 29.3 Å². The second kappa shape index (κ2) is 9.30. The van der Waals surface area contributed by atoms with E-state index in [0.29, 0.717) is 11.3 Å². The van der Waals surface area contributed by atoms with Gasteiger partial charge in [0.25, 0.3) is 0 Å². The molecule has 0 radical (unpaired) electrons. The molecule has 9 heteroatoms. The van der Waals surface area contributed by atoms with Crippen molar-refractivity contribution in [1.82, 2.24) is 4.90 Å². The van der Waals surface area contributed by atoms with Gasteiger partial charge in [0, 0.05) is 23.7 Å². The summed E-state index contributed by atoms with van der Waals surface area (Å²) in [6.45, 7) is 0.167. The maximum absolute atomic E-state index is 14.1. The number of likely N-dealkylation sites (tertiary alicyclic amines) is 1. The van der Waals surface area contributed by atoms with Crippen molar-refractivity contribution in [3.8, 4) is 0 Å². The fourth-order valence-electron chi connectivity index (χ4n) is 5.77. The highest BCUT2D eigenvalue weighted by Gasteiger charge is 2.53. The van der Waals surface area contributed by atoms with Crippen molar-refractivity contribution in [3.63, 3.8) is 0 Å². The van der Waals surface area contributed by atoms with Gasteiger partial charge < -0.3 is 20.7 Å². The number of rotatable bonds is 6. The van der Waals surface area contributed by atoms with Crippen LogP contribution in [0, 0.1) is 11.8 Å². The van der Waals surface area contributed by atoms with E-state index in [1.165, 1.54) is 0 Å². The monoisotopic (exact) mass is 487 g/mol. The molecule has 2 heterocycles. The van der Waals surface area contributed by atoms with E-state index in [2.05, 4.69) is 5.32 Å². The molecule has 0 spiro atoms. The second-order valence-electron chi connectivity index (χ2n) is 10.00. The lowest BCUT2D eigenvalue weighted by Crippen LogP contribution is -2.46. The Morgan fingerprint density at radius 2 is 1.85 bits per heavy atom. The number of hydrogen-bond acceptors (Lipinski definition) is 5. The number of amides is 3. The van der Waals surface area contributed by atoms with Crippen LogP contribution in [0.15, 0.2) is 18.2 Å². The molecule has 2 aliphatic carbocycles. The van der Waals surface area contributed by atoms with Crippen molar-refractivity contribution >= 4 is 40.8 Å². The summed E-state index contributed by atoms with van der Waals surface area (Å²) in [5.74, 6) is -1.69. The van der Waals surface area contributed by atoms with Crippen molar-refractivity contribution in [2.75, 3.05) is 18.5 Å². The molecule has 4 atom stereocenters. The number of carbonyl (C=O) groups is 4. The van der Waals surface area contributed by atoms with Crippen LogP contribution in [0.2, 0.25) is 0 Å². The van der Waals surface area contributed by atoms with Crippen LogP contribution in [0.1, 0.15) is 66.8 Å². The third kappa shape index (κ3) is 4.33. The van der Waals surface area contributed by atoms with Crippen molar-refractivity contribution < 1.29 is 23.9 Å². The van der Waals surface area contributed by atoms with E-state index in [1.54, 1.807) is 23.1 Å². The summed E-state index contributed by atoms with van der Waals surface area (Å²) in [4.78, 5) is 53.0. The minimum Gasteiger partial charge on any atom is -0.366 e. The van der Waals surface area contributed by atoms with Gasteiger partial charge in [-0.05, 0) is 55.4 Å². The molecule has 2 saturated heterocycles. The van der Waals surface area contributed by atoms with E-state index in [9.17, 15) is 19.2 Å². The van der Waals surface area contributed by atoms with Crippen LogP contribution in [0.25, 0.3) is 0 Å². The standard InChI is InChI=1S/C25H30ClN3O5/c26-18-11-29(21-19(30)12-34-22(18)21)25(33)20(13-4-2-1-3-5-13)17-10-15(8-9-16(17)23(27)31)28-24(32)14-6-7-14/h8-10,13-14,18,20-22H,1-7,11-12H2,(H2,27,31)(H,28,32)/t18-,20-,21+,22+/m0/s1. The first-order chi connectivity index (χ1) is 16.3. The molecule has 1 aromatic rings. The van der Waals surface area contributed by atoms with Gasteiger partial charge in [0.2, 0.25) is 17.7 Å². The SMILES string of the molecule is NC(=O)c1ccc(NC(=O)C2CC2)cc1[C@@H](C(=O)N1C[C@H](Cl)[C@H]2OCC(=O)[C@H]21)C1CCCCC1. The zero-order valence-corrected chi connectivity index (χ0v) is 19.8. The van der Waals surface area contributed by atoms with Crippen LogP contribution in [-0.4, -0.2) is 59.1 Å². The smallest absolute Gasteiger partial charge is 0.249 e. The molecule has 3 N–H and O–H groups in total. The summed E-state index contributed by atoms with van der Waals surface area (Å²) in [6.07, 6.45) is 5.98. The number of hydrogen-bond donors (Lipinski definition) is 2. The van der Waals surface area contributed by atoms with E-state index in [-0.39, 0.29) is 48.1 Å². The van der Waals surface area contributed by atoms with E-state index >= 15 is 0 Å². The van der Waals surface area contributed by atoms with Crippen molar-refractivity contribution in [2.45, 2.75) is 68.4 Å². The third-order valence-corrected chi connectivity index (χ3v) is 8.05. The van der Waals surface area contributed by atoms with Gasteiger partial charge in [0.15, 0.2) is 5.78 Å². The van der Waals surface area contributed by atoms with E-state index in [1.807, 2.05) is 0 Å². The molecule has 2 saturated carbocycles. The van der Waals surface area contributed by atoms with Gasteiger partial charge in [-0.2, -0.15) is 0 Å². The minimum absolute atomic E-state index is 0.000942. The highest BCUT2D eigenvalue weighted by Crippen LogP contribution is 2.42. The Morgan fingerprint density at radius 3 is 2.53 bits per heavy atom. The number of nitrogens with zero attached hydrogens (tertiary/aromatic N) is 1. The Bertz CT molecular complexity index is 1020. The van der Waals surface area contributed by atoms with E-state index in [0.717, 1.165) is 44.9 Å². The van der Waals surface area contributed by atoms with Crippen LogP contribution >= 0.6 is 11.6 Å². The first-order valence-corrected chi connectivity index (χ1v) is 12.6. The van der Waals surface area contributed by atoms with Crippen molar-refractivity contribution in [1.29, 1.82) is 0 Å². The average molecular weight is 488 g/mol. The fraction of sp³-hybridized carbons (Fsp3) is 0.600. The fourth-order valence-corrected chi connectivity index (χ4v) is 6.13. The Balaban J connectivity index is 1.53. The van der Waals surface area contributed by atoms with Crippen LogP contribution in [0.3, 0.4) is 0 Å². The quantitative estimate of drug-likeness (QED) is 0.598. The number of anilines is 1. The molecule has 34 heavy (non-hydrogen) atoms. The topological polar surface area (TPSA) is 119 Å². The second-order valence-corrected chi connectivity index (χ2v) is 10.6. The van der Waals surface area contributed by atoms with E-state index in [4.69, 9.17) is 22.1 Å². The molecule has 182 valence electrons. The lowest BCUT2D eigenvalue weighted by molar-refractivity contribution is -0.139. The zero-order valence-electron chi connectivity index (χ0n) is 19.0. The van der Waals surface area contributed by atoms with Gasteiger partial charge in [-0.25, -0.2) is 0 Å². The number of ether oxygens (including phenoxy) is 1. The molecule has 2 aliphatic heterocycles. The van der Waals surface area contributed by atoms with Crippen LogP contribution in [0.4, 0.5) is 5.69 Å². The predicted molar refractivity (Wildman–Crippen MR) is 126 cm³/mol. The molecule has 4 fully saturated rings. The molecule has 0 unspecified atom stereocenters. The van der Waals surface area contributed by atoms with Crippen molar-refractivity contribution in [3.05, 3.63) is 29.3 Å². The summed E-state index contributed by atoms with van der Waals surface area (Å²) >= 11 is 6.46. The van der Waals surface area contributed by atoms with Gasteiger partial charge >= 0.3 is 0 Å². The number of ketones is 1. The number of benzene rings is 1. The largest absolute Gasteiger partial charge is 0.366 e. The lowest BCUT2D eigenvalue weighted by Gasteiger charge is -2.35. The number of halogens is 1. The Hall–Kier alpha value is -2.45. The minimum atomic E-state index is -0.698. The molecule has 0 aromatic heterocycles. The van der Waals surface area contributed by atoms with Crippen LogP contribution in [-0.2, 0) is 19.1 Å². The molecule has 0 bridgehead atoms. The summed E-state index contributed by atoms with van der Waals surface area (Å²) in [5.41, 5.74) is 7.05. The molecule has 4 aliphatic rings. The number of carbonyl (C=O) groups excluding carboxylic acids is 4. The normalized spacial score (nSPS) is 28.0. The summed E-state index contributed by atoms with van der Waals surface area (Å²) in [7, 11) is 0. The predicted octanol–water partition coefficient (Wildman–Crippen LogP) is 2.58. The summed E-state index contributed by atoms with van der Waals surface area (Å²) in [5, 5.41) is 2.45. The number of Topliss-reactive ketones (excluding diaryl/α,β-unsaturated/α-hetero) is 1. The molecule has 8 nitrogen and oxygen atoms in total. The first kappa shape index (κ1) is 23.3. The first-order valence-electron chi connectivity index (χ1n) is 12.2. The highest BCUT2D eigenvalue weighted by molar-refractivity contribution is 6.22. The summed E-state index contributed by atoms with van der Waals surface area (Å²) < 4.78 is 5.57. The van der Waals surface area contributed by atoms with Gasteiger partial charge in [0.1, 0.15) is 18.8 Å². The molecule has 3 amide bonds. The lowest BCUT2D eigenvalue weighted by atomic mass is 9.74. The summed E-state index contributed by atoms with van der Waals surface area (Å²) in [6, 6.07) is 4.26. The zero-order chi connectivity index (χ0) is 24.0. The van der Waals surface area contributed by atoms with Gasteiger partial charge in [0.05, 0.1) is 11.3 Å². The van der Waals surface area contributed by atoms with Gasteiger partial charge in [-0.15, -0.1) is 11.6 Å². The number of fused-ring (bicyclic) bond motifs is 1. The molecular weight excluding hydrogens is 458 g/mol. The number of nitrogens with one attached hydrogen (secondary N) is 1. The maximum Gasteiger partial charge on any atom is 0.249 e. The number of nitrogens with two attached hydrogens (primary N) is 1. The number of primary amides is 1. The number of alkyl halides is 1. The third-order valence-electron chi connectivity index (χ3n) is 7.66. The average Bonchev–Trinajstić information content (AvgIpc) is 3.53. The Kier molecular flexibility index (Phi) is 6.37. The maximum atomic E-state index is 14.1. The van der Waals surface area contributed by atoms with Crippen LogP contribution in [0.5, 0.6) is 0 Å². The molecule has 5 rings (SSSR count).